The number of hydrogen-bond donors (Lipinski definition) is 0. The summed E-state index contributed by atoms with van der Waals surface area (Å²) >= 11 is 0. The molecule has 2 unspecified atom stereocenters. The number of quaternary nitrogens is 1. The highest BCUT2D eigenvalue weighted by Gasteiger charge is 2.22. The van der Waals surface area contributed by atoms with Gasteiger partial charge < -0.3 is 33.3 Å². The lowest BCUT2D eigenvalue weighted by Gasteiger charge is -2.26. The highest BCUT2D eigenvalue weighted by molar-refractivity contribution is 5.70. The van der Waals surface area contributed by atoms with Gasteiger partial charge in [-0.3, -0.25) is 9.59 Å². The average Bonchev–Trinajstić information content (AvgIpc) is 3.44. The van der Waals surface area contributed by atoms with Crippen LogP contribution >= 0.6 is 0 Å². The predicted octanol–water partition coefficient (Wildman–Crippen LogP) is 19.6. The van der Waals surface area contributed by atoms with Crippen molar-refractivity contribution in [1.29, 1.82) is 0 Å². The van der Waals surface area contributed by atoms with E-state index in [1.54, 1.807) is 0 Å². The van der Waals surface area contributed by atoms with Crippen LogP contribution in [0.25, 0.3) is 0 Å². The van der Waals surface area contributed by atoms with Gasteiger partial charge in [0.2, 0.25) is 0 Å². The van der Waals surface area contributed by atoms with E-state index in [2.05, 4.69) is 86.8 Å². The standard InChI is InChI=1S/C72H129NO8/c1-6-8-10-12-14-16-18-20-22-23-24-25-26-27-28-29-30-31-32-33-34-35-36-37-38-39-40-41-42-43-44-45-46-47-49-51-53-55-57-59-61-63-70(75)81-68(67-80-72(71(76)77)78-65-64-73(3,4)5)66-79-69(74)62-60-58-56-54-52-50-48-21-19-17-15-13-11-9-7-2/h8,10,14-17,20-22,24-25,48,68,72H,6-7,9,11-13,18-19,23,26-47,49-67H2,1-5H3/b10-8-,16-14-,17-15-,22-20-,25-24-,48-21-. The van der Waals surface area contributed by atoms with E-state index in [1.807, 2.05) is 21.1 Å². The van der Waals surface area contributed by atoms with Crippen molar-refractivity contribution in [3.8, 4) is 0 Å². The van der Waals surface area contributed by atoms with Crippen molar-refractivity contribution >= 4 is 17.9 Å². The number of rotatable bonds is 63. The van der Waals surface area contributed by atoms with Gasteiger partial charge in [-0.1, -0.05) is 286 Å². The molecule has 470 valence electrons. The molecule has 81 heavy (non-hydrogen) atoms. The number of nitrogens with zero attached hydrogens (tertiary/aromatic N) is 1. The number of allylic oxidation sites excluding steroid dienone is 12. The van der Waals surface area contributed by atoms with E-state index in [9.17, 15) is 19.5 Å². The predicted molar refractivity (Wildman–Crippen MR) is 343 cm³/mol. The number of aliphatic carboxylic acids is 1. The molecule has 0 saturated heterocycles. The minimum absolute atomic E-state index is 0.146. The first-order chi connectivity index (χ1) is 39.6. The molecular formula is C72H129NO8. The molecule has 0 amide bonds. The minimum atomic E-state index is -1.62. The Balaban J connectivity index is 3.92. The van der Waals surface area contributed by atoms with Crippen LogP contribution in [0.15, 0.2) is 72.9 Å². The van der Waals surface area contributed by atoms with Gasteiger partial charge in [0.05, 0.1) is 40.3 Å². The zero-order valence-electron chi connectivity index (χ0n) is 53.7. The second kappa shape index (κ2) is 62.8. The van der Waals surface area contributed by atoms with E-state index >= 15 is 0 Å². The number of ether oxygens (including phenoxy) is 4. The third-order valence-electron chi connectivity index (χ3n) is 14.9. The topological polar surface area (TPSA) is 111 Å². The summed E-state index contributed by atoms with van der Waals surface area (Å²) in [6, 6.07) is 0. The summed E-state index contributed by atoms with van der Waals surface area (Å²) < 4.78 is 22.7. The van der Waals surface area contributed by atoms with Crippen molar-refractivity contribution in [2.24, 2.45) is 0 Å². The van der Waals surface area contributed by atoms with Crippen LogP contribution in [0.4, 0.5) is 0 Å². The molecule has 0 aliphatic carbocycles. The van der Waals surface area contributed by atoms with Crippen LogP contribution in [-0.2, 0) is 33.3 Å². The van der Waals surface area contributed by atoms with Crippen LogP contribution < -0.4 is 5.11 Å². The van der Waals surface area contributed by atoms with Crippen LogP contribution in [-0.4, -0.2) is 82.3 Å². The number of carbonyl (C=O) groups excluding carboxylic acids is 3. The fourth-order valence-electron chi connectivity index (χ4n) is 9.74. The average molecular weight is 1140 g/mol. The van der Waals surface area contributed by atoms with Crippen LogP contribution in [0, 0.1) is 0 Å². The second-order valence-electron chi connectivity index (χ2n) is 24.1. The molecule has 2 atom stereocenters. The quantitative estimate of drug-likeness (QED) is 0.0195. The monoisotopic (exact) mass is 1140 g/mol. The van der Waals surface area contributed by atoms with Crippen molar-refractivity contribution in [2.75, 3.05) is 47.5 Å². The van der Waals surface area contributed by atoms with E-state index < -0.39 is 24.3 Å². The maximum atomic E-state index is 12.9. The third kappa shape index (κ3) is 64.1. The fourth-order valence-corrected chi connectivity index (χ4v) is 9.74. The Bertz CT molecular complexity index is 1560. The molecule has 9 nitrogen and oxygen atoms in total. The molecule has 0 N–H and O–H groups in total. The first-order valence-corrected chi connectivity index (χ1v) is 34.1. The summed E-state index contributed by atoms with van der Waals surface area (Å²) in [5.41, 5.74) is 0. The molecule has 9 heteroatoms. The van der Waals surface area contributed by atoms with E-state index in [0.29, 0.717) is 17.4 Å². The van der Waals surface area contributed by atoms with Gasteiger partial charge >= 0.3 is 11.9 Å². The molecule has 0 aromatic rings. The summed E-state index contributed by atoms with van der Waals surface area (Å²) in [5, 5.41) is 11.8. The maximum Gasteiger partial charge on any atom is 0.306 e. The van der Waals surface area contributed by atoms with Crippen LogP contribution in [0.5, 0.6) is 0 Å². The van der Waals surface area contributed by atoms with Gasteiger partial charge in [-0.05, 0) is 83.5 Å². The summed E-state index contributed by atoms with van der Waals surface area (Å²) in [5.74, 6) is -2.29. The molecule has 0 heterocycles. The lowest BCUT2D eigenvalue weighted by molar-refractivity contribution is -0.870. The number of likely N-dealkylation sites (N-methyl/N-ethyl adjacent to an activating group) is 1. The lowest BCUT2D eigenvalue weighted by Crippen LogP contribution is -2.44. The molecule has 0 radical (unpaired) electrons. The number of esters is 2. The van der Waals surface area contributed by atoms with E-state index in [-0.39, 0.29) is 38.6 Å². The van der Waals surface area contributed by atoms with Crippen molar-refractivity contribution in [3.63, 3.8) is 0 Å². The molecule has 0 spiro atoms. The van der Waals surface area contributed by atoms with Crippen LogP contribution in [0.3, 0.4) is 0 Å². The van der Waals surface area contributed by atoms with Crippen LogP contribution in [0.1, 0.15) is 309 Å². The van der Waals surface area contributed by atoms with E-state index in [1.165, 1.54) is 193 Å². The molecule has 0 aromatic heterocycles. The van der Waals surface area contributed by atoms with Crippen LogP contribution in [0.2, 0.25) is 0 Å². The Morgan fingerprint density at radius 1 is 0.383 bits per heavy atom. The van der Waals surface area contributed by atoms with Crippen molar-refractivity contribution in [2.45, 2.75) is 322 Å². The molecule has 0 saturated carbocycles. The number of carbonyl (C=O) groups is 3. The fraction of sp³-hybridized carbons (Fsp3) is 0.792. The number of hydrogen-bond acceptors (Lipinski definition) is 8. The first kappa shape index (κ1) is 77.7. The second-order valence-corrected chi connectivity index (χ2v) is 24.1. The van der Waals surface area contributed by atoms with Crippen molar-refractivity contribution < 1.29 is 42.9 Å². The number of carboxylic acids is 1. The number of unbranched alkanes of at least 4 members (excludes halogenated alkanes) is 36. The summed E-state index contributed by atoms with van der Waals surface area (Å²) in [7, 11) is 5.93. The third-order valence-corrected chi connectivity index (χ3v) is 14.9. The molecule has 0 fully saturated rings. The van der Waals surface area contributed by atoms with Gasteiger partial charge in [0, 0.05) is 12.8 Å². The SMILES string of the molecule is CC/C=C\C/C=C\C/C=C\C/C=C\CCCCCCCCCCCCCCCCCCCCCCCCCCCCCCC(=O)OC(COC(=O)CCCCCCC/C=C\C/C=C\CCCCC)COC(OCC[N+](C)(C)C)C(=O)[O-]. The zero-order chi connectivity index (χ0) is 59.1. The summed E-state index contributed by atoms with van der Waals surface area (Å²) in [4.78, 5) is 37.3. The minimum Gasteiger partial charge on any atom is -0.545 e. The molecule has 0 aromatic carbocycles. The Kier molecular flexibility index (Phi) is 60.2. The molecule has 0 rings (SSSR count). The van der Waals surface area contributed by atoms with Gasteiger partial charge in [0.15, 0.2) is 12.4 Å². The van der Waals surface area contributed by atoms with Gasteiger partial charge in [-0.25, -0.2) is 0 Å². The van der Waals surface area contributed by atoms with Gasteiger partial charge in [-0.15, -0.1) is 0 Å². The smallest absolute Gasteiger partial charge is 0.306 e. The lowest BCUT2D eigenvalue weighted by atomic mass is 10.0. The van der Waals surface area contributed by atoms with Gasteiger partial charge in [0.1, 0.15) is 13.2 Å². The zero-order valence-corrected chi connectivity index (χ0v) is 53.7. The molecule has 0 aliphatic heterocycles. The largest absolute Gasteiger partial charge is 0.545 e. The van der Waals surface area contributed by atoms with Crippen molar-refractivity contribution in [3.05, 3.63) is 72.9 Å². The Hall–Kier alpha value is -3.27. The first-order valence-electron chi connectivity index (χ1n) is 34.1. The van der Waals surface area contributed by atoms with Gasteiger partial charge in [-0.2, -0.15) is 0 Å². The normalized spacial score (nSPS) is 13.1. The Morgan fingerprint density at radius 2 is 0.704 bits per heavy atom. The van der Waals surface area contributed by atoms with Crippen molar-refractivity contribution in [1.82, 2.24) is 0 Å². The van der Waals surface area contributed by atoms with E-state index in [4.69, 9.17) is 18.9 Å². The highest BCUT2D eigenvalue weighted by atomic mass is 16.7. The molecule has 0 aliphatic rings. The Morgan fingerprint density at radius 3 is 1.05 bits per heavy atom. The molecule has 0 bridgehead atoms. The highest BCUT2D eigenvalue weighted by Crippen LogP contribution is 2.18. The van der Waals surface area contributed by atoms with E-state index in [0.717, 1.165) is 83.5 Å². The maximum absolute atomic E-state index is 12.9. The summed E-state index contributed by atoms with van der Waals surface area (Å²) in [6.45, 7) is 4.62. The number of carboxylic acid groups (broad SMARTS) is 1. The summed E-state index contributed by atoms with van der Waals surface area (Å²) in [6.07, 6.45) is 80.1. The molecular weight excluding hydrogens is 1010 g/mol. The Labute approximate surface area is 500 Å². The van der Waals surface area contributed by atoms with Gasteiger partial charge in [0.25, 0.3) is 0 Å².